The van der Waals surface area contributed by atoms with Gasteiger partial charge in [-0.1, -0.05) is 48.5 Å². The Balaban J connectivity index is 1.50. The van der Waals surface area contributed by atoms with Gasteiger partial charge in [0.15, 0.2) is 0 Å². The molecule has 29 heavy (non-hydrogen) atoms. The van der Waals surface area contributed by atoms with Gasteiger partial charge in [0.1, 0.15) is 5.75 Å². The number of hydrogen-bond acceptors (Lipinski definition) is 4. The fourth-order valence-corrected chi connectivity index (χ4v) is 3.68. The number of aromatic nitrogens is 2. The molecule has 0 saturated heterocycles. The Hall–Kier alpha value is -3.15. The van der Waals surface area contributed by atoms with Gasteiger partial charge < -0.3 is 15.2 Å². The van der Waals surface area contributed by atoms with Crippen LogP contribution in [0.2, 0.25) is 0 Å². The highest BCUT2D eigenvalue weighted by atomic mass is 16.3. The molecule has 0 radical (unpaired) electrons. The number of nitrogens with one attached hydrogen (secondary N) is 1. The summed E-state index contributed by atoms with van der Waals surface area (Å²) >= 11 is 0. The van der Waals surface area contributed by atoms with Crippen molar-refractivity contribution in [3.63, 3.8) is 0 Å². The van der Waals surface area contributed by atoms with E-state index >= 15 is 0 Å². The molecule has 0 unspecified atom stereocenters. The lowest BCUT2D eigenvalue weighted by molar-refractivity contribution is 0.109. The van der Waals surface area contributed by atoms with Crippen LogP contribution >= 0.6 is 0 Å². The van der Waals surface area contributed by atoms with E-state index in [1.165, 1.54) is 5.56 Å². The normalized spacial score (nSPS) is 12.5. The van der Waals surface area contributed by atoms with Crippen molar-refractivity contribution in [3.05, 3.63) is 95.9 Å². The van der Waals surface area contributed by atoms with Crippen molar-refractivity contribution in [1.82, 2.24) is 14.9 Å². The van der Waals surface area contributed by atoms with Crippen LogP contribution < -0.4 is 0 Å². The minimum atomic E-state index is -0.598. The Kier molecular flexibility index (Phi) is 5.89. The van der Waals surface area contributed by atoms with Crippen LogP contribution in [-0.2, 0) is 13.0 Å². The number of rotatable bonds is 8. The molecule has 2 aromatic carbocycles. The van der Waals surface area contributed by atoms with E-state index in [1.807, 2.05) is 48.7 Å². The molecule has 148 valence electrons. The third kappa shape index (κ3) is 4.65. The molecule has 5 heteroatoms. The van der Waals surface area contributed by atoms with Crippen LogP contribution in [0.1, 0.15) is 22.8 Å². The zero-order valence-electron chi connectivity index (χ0n) is 16.2. The fraction of sp³-hybridized carbons (Fsp3) is 0.208. The largest absolute Gasteiger partial charge is 0.506 e. The molecular weight excluding hydrogens is 362 g/mol. The van der Waals surface area contributed by atoms with Crippen LogP contribution in [0.3, 0.4) is 0 Å². The van der Waals surface area contributed by atoms with E-state index in [0.717, 1.165) is 41.5 Å². The quantitative estimate of drug-likeness (QED) is 0.427. The first-order valence-electron chi connectivity index (χ1n) is 9.83. The number of aliphatic hydroxyl groups is 1. The summed E-state index contributed by atoms with van der Waals surface area (Å²) in [5, 5.41) is 21.8. The molecule has 3 N–H and O–H groups in total. The average molecular weight is 387 g/mol. The Morgan fingerprint density at radius 3 is 2.66 bits per heavy atom. The molecule has 0 amide bonds. The Morgan fingerprint density at radius 1 is 1.00 bits per heavy atom. The maximum atomic E-state index is 10.7. The molecule has 2 aromatic heterocycles. The van der Waals surface area contributed by atoms with Crippen molar-refractivity contribution in [1.29, 1.82) is 0 Å². The SMILES string of the molecule is Oc1cccc2c(CCN(Cc3ccccc3)C[C@H](O)c3cccnc3)c[nH]c12. The zero-order chi connectivity index (χ0) is 20.1. The van der Waals surface area contributed by atoms with E-state index in [-0.39, 0.29) is 5.75 Å². The van der Waals surface area contributed by atoms with E-state index in [0.29, 0.717) is 6.54 Å². The summed E-state index contributed by atoms with van der Waals surface area (Å²) in [5.41, 5.74) is 3.96. The zero-order valence-corrected chi connectivity index (χ0v) is 16.2. The van der Waals surface area contributed by atoms with Gasteiger partial charge in [-0.05, 0) is 29.7 Å². The molecule has 0 saturated carbocycles. The highest BCUT2D eigenvalue weighted by Crippen LogP contribution is 2.26. The molecule has 1 atom stereocenters. The highest BCUT2D eigenvalue weighted by molar-refractivity contribution is 5.88. The standard InChI is InChI=1S/C24H25N3O2/c28-22-10-4-9-21-19(15-26-24(21)22)11-13-27(16-18-6-2-1-3-7-18)17-23(29)20-8-5-12-25-14-20/h1-10,12,14-15,23,26,28-29H,11,13,16-17H2/t23-/m0/s1. The van der Waals surface area contributed by atoms with E-state index in [4.69, 9.17) is 0 Å². The van der Waals surface area contributed by atoms with Crippen LogP contribution in [0.15, 0.2) is 79.3 Å². The van der Waals surface area contributed by atoms with Crippen molar-refractivity contribution in [3.8, 4) is 5.75 Å². The second kappa shape index (κ2) is 8.90. The summed E-state index contributed by atoms with van der Waals surface area (Å²) in [5.74, 6) is 0.266. The molecule has 4 rings (SSSR count). The smallest absolute Gasteiger partial charge is 0.139 e. The van der Waals surface area contributed by atoms with Crippen molar-refractivity contribution in [2.24, 2.45) is 0 Å². The van der Waals surface area contributed by atoms with Gasteiger partial charge in [0, 0.05) is 49.2 Å². The predicted octanol–water partition coefficient (Wildman–Crippen LogP) is 4.05. The van der Waals surface area contributed by atoms with Crippen molar-refractivity contribution in [2.45, 2.75) is 19.1 Å². The second-order valence-electron chi connectivity index (χ2n) is 7.29. The number of para-hydroxylation sites is 1. The van der Waals surface area contributed by atoms with Gasteiger partial charge in [-0.25, -0.2) is 0 Å². The van der Waals surface area contributed by atoms with Gasteiger partial charge in [-0.2, -0.15) is 0 Å². The number of phenolic OH excluding ortho intramolecular Hbond substituents is 1. The number of aromatic amines is 1. The molecule has 2 heterocycles. The lowest BCUT2D eigenvalue weighted by atomic mass is 10.1. The summed E-state index contributed by atoms with van der Waals surface area (Å²) in [6.45, 7) is 2.06. The highest BCUT2D eigenvalue weighted by Gasteiger charge is 2.15. The summed E-state index contributed by atoms with van der Waals surface area (Å²) < 4.78 is 0. The summed E-state index contributed by atoms with van der Waals surface area (Å²) in [6, 6.07) is 19.6. The molecule has 0 aliphatic heterocycles. The van der Waals surface area contributed by atoms with Gasteiger partial charge >= 0.3 is 0 Å². The van der Waals surface area contributed by atoms with Crippen LogP contribution in [-0.4, -0.2) is 38.2 Å². The minimum absolute atomic E-state index is 0.266. The Labute approximate surface area is 170 Å². The number of phenols is 1. The first kappa shape index (κ1) is 19.2. The second-order valence-corrected chi connectivity index (χ2v) is 7.29. The molecule has 5 nitrogen and oxygen atoms in total. The van der Waals surface area contributed by atoms with E-state index in [1.54, 1.807) is 18.5 Å². The monoisotopic (exact) mass is 387 g/mol. The van der Waals surface area contributed by atoms with E-state index in [9.17, 15) is 10.2 Å². The topological polar surface area (TPSA) is 72.4 Å². The number of nitrogens with zero attached hydrogens (tertiary/aromatic N) is 2. The molecular formula is C24H25N3O2. The van der Waals surface area contributed by atoms with Crippen LogP contribution in [0.5, 0.6) is 5.75 Å². The summed E-state index contributed by atoms with van der Waals surface area (Å²) in [6.07, 6.45) is 5.61. The Morgan fingerprint density at radius 2 is 1.86 bits per heavy atom. The first-order valence-corrected chi connectivity index (χ1v) is 9.83. The fourth-order valence-electron chi connectivity index (χ4n) is 3.68. The molecule has 0 aliphatic carbocycles. The third-order valence-electron chi connectivity index (χ3n) is 5.23. The molecule has 4 aromatic rings. The van der Waals surface area contributed by atoms with Gasteiger partial charge in [0.2, 0.25) is 0 Å². The van der Waals surface area contributed by atoms with E-state index in [2.05, 4.69) is 27.0 Å². The van der Waals surface area contributed by atoms with Gasteiger partial charge in [-0.15, -0.1) is 0 Å². The first-order chi connectivity index (χ1) is 14.2. The third-order valence-corrected chi connectivity index (χ3v) is 5.23. The number of benzene rings is 2. The minimum Gasteiger partial charge on any atom is -0.506 e. The molecule has 0 fully saturated rings. The van der Waals surface area contributed by atoms with Crippen LogP contribution in [0, 0.1) is 0 Å². The van der Waals surface area contributed by atoms with Gasteiger partial charge in [-0.3, -0.25) is 9.88 Å². The van der Waals surface area contributed by atoms with Crippen molar-refractivity contribution in [2.75, 3.05) is 13.1 Å². The number of aromatic hydroxyl groups is 1. The van der Waals surface area contributed by atoms with Crippen molar-refractivity contribution >= 4 is 10.9 Å². The van der Waals surface area contributed by atoms with Gasteiger partial charge in [0.25, 0.3) is 0 Å². The maximum absolute atomic E-state index is 10.7. The molecule has 0 bridgehead atoms. The van der Waals surface area contributed by atoms with Crippen LogP contribution in [0.25, 0.3) is 10.9 Å². The molecule has 0 spiro atoms. The lowest BCUT2D eigenvalue weighted by Crippen LogP contribution is -2.30. The number of fused-ring (bicyclic) bond motifs is 1. The maximum Gasteiger partial charge on any atom is 0.139 e. The number of hydrogen-bond donors (Lipinski definition) is 3. The molecule has 0 aliphatic rings. The average Bonchev–Trinajstić information content (AvgIpc) is 3.18. The van der Waals surface area contributed by atoms with Crippen LogP contribution in [0.4, 0.5) is 0 Å². The Bertz CT molecular complexity index is 1050. The van der Waals surface area contributed by atoms with Crippen molar-refractivity contribution < 1.29 is 10.2 Å². The van der Waals surface area contributed by atoms with E-state index < -0.39 is 6.10 Å². The number of aliphatic hydroxyl groups excluding tert-OH is 1. The van der Waals surface area contributed by atoms with Gasteiger partial charge in [0.05, 0.1) is 11.6 Å². The summed E-state index contributed by atoms with van der Waals surface area (Å²) in [7, 11) is 0. The number of pyridine rings is 1. The predicted molar refractivity (Wildman–Crippen MR) is 115 cm³/mol. The summed E-state index contributed by atoms with van der Waals surface area (Å²) in [4.78, 5) is 9.55. The lowest BCUT2D eigenvalue weighted by Gasteiger charge is -2.25. The number of H-pyrrole nitrogens is 1.